The molecule has 0 spiro atoms. The summed E-state index contributed by atoms with van der Waals surface area (Å²) in [6, 6.07) is 7.59. The molecule has 0 unspecified atom stereocenters. The summed E-state index contributed by atoms with van der Waals surface area (Å²) in [5.74, 6) is -0.0238. The summed E-state index contributed by atoms with van der Waals surface area (Å²) in [5, 5.41) is 2.86. The summed E-state index contributed by atoms with van der Waals surface area (Å²) in [4.78, 5) is 25.5. The van der Waals surface area contributed by atoms with E-state index in [1.807, 2.05) is 7.05 Å². The van der Waals surface area contributed by atoms with E-state index in [9.17, 15) is 9.59 Å². The molecule has 1 amide bonds. The molecular weight excluding hydrogens is 252 g/mol. The minimum atomic E-state index is -0.0277. The normalized spacial score (nSPS) is 15.6. The average Bonchev–Trinajstić information content (AvgIpc) is 2.92. The Kier molecular flexibility index (Phi) is 4.90. The fourth-order valence-electron chi connectivity index (χ4n) is 2.72. The van der Waals surface area contributed by atoms with Crippen LogP contribution in [0.5, 0.6) is 0 Å². The van der Waals surface area contributed by atoms with E-state index in [0.717, 1.165) is 0 Å². The monoisotopic (exact) mass is 274 g/mol. The number of rotatable bonds is 5. The molecule has 0 aromatic heterocycles. The first-order valence-corrected chi connectivity index (χ1v) is 7.17. The lowest BCUT2D eigenvalue weighted by atomic mass is 10.1. The van der Waals surface area contributed by atoms with Gasteiger partial charge in [-0.25, -0.2) is 0 Å². The van der Waals surface area contributed by atoms with Crippen molar-refractivity contribution in [3.8, 4) is 0 Å². The summed E-state index contributed by atoms with van der Waals surface area (Å²) in [6.07, 6.45) is 4.89. The molecule has 0 aliphatic heterocycles. The van der Waals surface area contributed by atoms with Crippen molar-refractivity contribution in [2.24, 2.45) is 0 Å². The number of carbonyl (C=O) groups is 2. The Labute approximate surface area is 120 Å². The number of hydrogen-bond donors (Lipinski definition) is 1. The molecule has 108 valence electrons. The number of likely N-dealkylation sites (N-methyl/N-ethyl adjacent to an activating group) is 1. The summed E-state index contributed by atoms with van der Waals surface area (Å²) >= 11 is 0. The van der Waals surface area contributed by atoms with Gasteiger partial charge in [0.1, 0.15) is 0 Å². The number of Topliss-reactive ketones (excluding diaryl/α,β-unsaturated/α-hetero) is 1. The minimum Gasteiger partial charge on any atom is -0.325 e. The molecule has 20 heavy (non-hydrogen) atoms. The third kappa shape index (κ3) is 3.90. The van der Waals surface area contributed by atoms with Gasteiger partial charge in [-0.15, -0.1) is 0 Å². The lowest BCUT2D eigenvalue weighted by Crippen LogP contribution is -2.36. The van der Waals surface area contributed by atoms with Gasteiger partial charge in [-0.05, 0) is 38.9 Å². The van der Waals surface area contributed by atoms with Crippen LogP contribution in [0.4, 0.5) is 5.69 Å². The van der Waals surface area contributed by atoms with Crippen LogP contribution < -0.4 is 5.32 Å². The third-order valence-electron chi connectivity index (χ3n) is 3.89. The van der Waals surface area contributed by atoms with Crippen LogP contribution in [0.3, 0.4) is 0 Å². The maximum absolute atomic E-state index is 12.0. The van der Waals surface area contributed by atoms with Gasteiger partial charge in [0.2, 0.25) is 5.91 Å². The van der Waals surface area contributed by atoms with Gasteiger partial charge in [0, 0.05) is 17.3 Å². The van der Waals surface area contributed by atoms with Crippen LogP contribution in [0.25, 0.3) is 0 Å². The Hall–Kier alpha value is -1.68. The zero-order chi connectivity index (χ0) is 14.5. The molecule has 4 heteroatoms. The molecular formula is C16H22N2O2. The average molecular weight is 274 g/mol. The number of benzene rings is 1. The van der Waals surface area contributed by atoms with Gasteiger partial charge in [-0.1, -0.05) is 25.0 Å². The highest BCUT2D eigenvalue weighted by atomic mass is 16.2. The maximum atomic E-state index is 12.0. The van der Waals surface area contributed by atoms with Gasteiger partial charge in [0.15, 0.2) is 5.78 Å². The van der Waals surface area contributed by atoms with Crippen LogP contribution in [0, 0.1) is 0 Å². The molecule has 1 aromatic carbocycles. The quantitative estimate of drug-likeness (QED) is 0.840. The van der Waals surface area contributed by atoms with E-state index in [1.165, 1.54) is 32.6 Å². The fraction of sp³-hybridized carbons (Fsp3) is 0.500. The van der Waals surface area contributed by atoms with Crippen molar-refractivity contribution >= 4 is 17.4 Å². The molecule has 4 nitrogen and oxygen atoms in total. The molecule has 0 saturated heterocycles. The number of carbonyl (C=O) groups excluding carboxylic acids is 2. The van der Waals surface area contributed by atoms with Gasteiger partial charge in [-0.2, -0.15) is 0 Å². The topological polar surface area (TPSA) is 49.4 Å². The maximum Gasteiger partial charge on any atom is 0.238 e. The van der Waals surface area contributed by atoms with Crippen LogP contribution in [-0.2, 0) is 4.79 Å². The van der Waals surface area contributed by atoms with Crippen LogP contribution in [-0.4, -0.2) is 36.2 Å². The molecule has 2 rings (SSSR count). The Morgan fingerprint density at radius 2 is 2.00 bits per heavy atom. The molecule has 1 N–H and O–H groups in total. The van der Waals surface area contributed by atoms with Crippen molar-refractivity contribution in [3.63, 3.8) is 0 Å². The number of anilines is 1. The largest absolute Gasteiger partial charge is 0.325 e. The van der Waals surface area contributed by atoms with E-state index in [1.54, 1.807) is 24.3 Å². The van der Waals surface area contributed by atoms with E-state index in [-0.39, 0.29) is 11.7 Å². The molecule has 0 bridgehead atoms. The van der Waals surface area contributed by atoms with Crippen molar-refractivity contribution in [1.29, 1.82) is 0 Å². The van der Waals surface area contributed by atoms with Crippen molar-refractivity contribution in [1.82, 2.24) is 4.90 Å². The molecule has 0 heterocycles. The number of amides is 1. The second kappa shape index (κ2) is 6.66. The molecule has 1 aliphatic rings. The molecule has 1 fully saturated rings. The molecule has 1 aliphatic carbocycles. The molecule has 0 radical (unpaired) electrons. The Bertz CT molecular complexity index is 493. The Balaban J connectivity index is 1.90. The zero-order valence-electron chi connectivity index (χ0n) is 12.2. The first kappa shape index (κ1) is 14.7. The first-order valence-electron chi connectivity index (χ1n) is 7.17. The highest BCUT2D eigenvalue weighted by Gasteiger charge is 2.21. The fourth-order valence-corrected chi connectivity index (χ4v) is 2.72. The number of nitrogens with one attached hydrogen (secondary N) is 1. The van der Waals surface area contributed by atoms with Crippen LogP contribution in [0.2, 0.25) is 0 Å². The standard InChI is InChI=1S/C16H22N2O2/c1-12(19)13-6-5-7-14(10-13)17-16(20)11-18(2)15-8-3-4-9-15/h5-7,10,15H,3-4,8-9,11H2,1-2H3,(H,17,20). The molecule has 0 atom stereocenters. The molecule has 1 aromatic rings. The van der Waals surface area contributed by atoms with Crippen molar-refractivity contribution in [3.05, 3.63) is 29.8 Å². The first-order chi connectivity index (χ1) is 9.56. The van der Waals surface area contributed by atoms with E-state index < -0.39 is 0 Å². The van der Waals surface area contributed by atoms with Crippen molar-refractivity contribution < 1.29 is 9.59 Å². The second-order valence-electron chi connectivity index (χ2n) is 5.54. The van der Waals surface area contributed by atoms with Gasteiger partial charge in [0.25, 0.3) is 0 Å². The van der Waals surface area contributed by atoms with Gasteiger partial charge in [0.05, 0.1) is 6.54 Å². The SMILES string of the molecule is CC(=O)c1cccc(NC(=O)CN(C)C2CCCC2)c1. The van der Waals surface area contributed by atoms with Crippen LogP contribution in [0.1, 0.15) is 43.0 Å². The third-order valence-corrected chi connectivity index (χ3v) is 3.89. The van der Waals surface area contributed by atoms with Gasteiger partial charge in [-0.3, -0.25) is 14.5 Å². The summed E-state index contributed by atoms with van der Waals surface area (Å²) in [7, 11) is 2.00. The number of ketones is 1. The minimum absolute atomic E-state index is 0.00386. The Morgan fingerprint density at radius 3 is 2.65 bits per heavy atom. The van der Waals surface area contributed by atoms with Gasteiger partial charge < -0.3 is 5.32 Å². The second-order valence-corrected chi connectivity index (χ2v) is 5.54. The van der Waals surface area contributed by atoms with Gasteiger partial charge >= 0.3 is 0 Å². The lowest BCUT2D eigenvalue weighted by Gasteiger charge is -2.23. The van der Waals surface area contributed by atoms with Crippen LogP contribution in [0.15, 0.2) is 24.3 Å². The lowest BCUT2D eigenvalue weighted by molar-refractivity contribution is -0.117. The predicted molar refractivity (Wildman–Crippen MR) is 80.0 cm³/mol. The zero-order valence-corrected chi connectivity index (χ0v) is 12.2. The Morgan fingerprint density at radius 1 is 1.30 bits per heavy atom. The smallest absolute Gasteiger partial charge is 0.238 e. The highest BCUT2D eigenvalue weighted by Crippen LogP contribution is 2.22. The van der Waals surface area contributed by atoms with E-state index in [2.05, 4.69) is 10.2 Å². The molecule has 1 saturated carbocycles. The van der Waals surface area contributed by atoms with Crippen LogP contribution >= 0.6 is 0 Å². The summed E-state index contributed by atoms with van der Waals surface area (Å²) < 4.78 is 0. The predicted octanol–water partition coefficient (Wildman–Crippen LogP) is 2.70. The van der Waals surface area contributed by atoms with E-state index in [4.69, 9.17) is 0 Å². The number of nitrogens with zero attached hydrogens (tertiary/aromatic N) is 1. The van der Waals surface area contributed by atoms with E-state index in [0.29, 0.717) is 23.8 Å². The van der Waals surface area contributed by atoms with E-state index >= 15 is 0 Å². The highest BCUT2D eigenvalue weighted by molar-refractivity contribution is 5.97. The summed E-state index contributed by atoms with van der Waals surface area (Å²) in [5.41, 5.74) is 1.30. The number of hydrogen-bond acceptors (Lipinski definition) is 3. The summed E-state index contributed by atoms with van der Waals surface area (Å²) in [6.45, 7) is 1.92. The van der Waals surface area contributed by atoms with Crippen molar-refractivity contribution in [2.45, 2.75) is 38.6 Å². The van der Waals surface area contributed by atoms with Crippen molar-refractivity contribution in [2.75, 3.05) is 18.9 Å².